The third-order valence-corrected chi connectivity index (χ3v) is 6.75. The Labute approximate surface area is 166 Å². The highest BCUT2D eigenvalue weighted by Crippen LogP contribution is 2.59. The molecule has 1 spiro atoms. The number of benzene rings is 2. The molecule has 2 aliphatic rings. The molecule has 28 heavy (non-hydrogen) atoms. The average Bonchev–Trinajstić information content (AvgIpc) is 3.06. The highest BCUT2D eigenvalue weighted by atomic mass is 32.2. The monoisotopic (exact) mass is 402 g/mol. The molecule has 2 aromatic carbocycles. The Hall–Kier alpha value is -2.41. The molecule has 0 saturated carbocycles. The van der Waals surface area contributed by atoms with Gasteiger partial charge in [0.1, 0.15) is 11.6 Å². The molecule has 0 radical (unpaired) electrons. The topological polar surface area (TPSA) is 40.6 Å². The van der Waals surface area contributed by atoms with Gasteiger partial charge in [0.15, 0.2) is 4.87 Å². The molecular formula is C21H20F2N2O2S. The number of hydrogen-bond donors (Lipinski definition) is 0. The van der Waals surface area contributed by atoms with Crippen LogP contribution in [0, 0.1) is 11.6 Å². The smallest absolute Gasteiger partial charge is 0.268 e. The van der Waals surface area contributed by atoms with Crippen LogP contribution in [0.3, 0.4) is 0 Å². The van der Waals surface area contributed by atoms with Gasteiger partial charge in [-0.2, -0.15) is 0 Å². The number of thioether (sulfide) groups is 1. The van der Waals surface area contributed by atoms with Gasteiger partial charge in [0.05, 0.1) is 11.3 Å². The summed E-state index contributed by atoms with van der Waals surface area (Å²) in [6.07, 6.45) is 0. The summed E-state index contributed by atoms with van der Waals surface area (Å²) in [6.45, 7) is 6.31. The summed E-state index contributed by atoms with van der Waals surface area (Å²) in [5.41, 5.74) is 0.936. The van der Waals surface area contributed by atoms with Crippen LogP contribution in [-0.2, 0) is 9.67 Å². The van der Waals surface area contributed by atoms with Crippen LogP contribution in [0.1, 0.15) is 36.7 Å². The van der Waals surface area contributed by atoms with Crippen LogP contribution in [0.5, 0.6) is 0 Å². The molecule has 4 rings (SSSR count). The number of likely N-dealkylation sites (N-methyl/N-ethyl adjacent to an activating group) is 1. The van der Waals surface area contributed by atoms with Crippen LogP contribution in [0.2, 0.25) is 0 Å². The van der Waals surface area contributed by atoms with Crippen LogP contribution in [0.15, 0.2) is 42.5 Å². The second-order valence-corrected chi connectivity index (χ2v) is 9.49. The summed E-state index contributed by atoms with van der Waals surface area (Å²) in [4.78, 5) is 28.5. The maximum Gasteiger partial charge on any atom is 0.268 e. The van der Waals surface area contributed by atoms with E-state index in [0.29, 0.717) is 17.8 Å². The summed E-state index contributed by atoms with van der Waals surface area (Å²) in [5, 5.41) is 0. The average molecular weight is 402 g/mol. The predicted molar refractivity (Wildman–Crippen MR) is 105 cm³/mol. The lowest BCUT2D eigenvalue weighted by Gasteiger charge is -2.33. The summed E-state index contributed by atoms with van der Waals surface area (Å²) in [6, 6.07) is 9.91. The molecule has 2 aromatic rings. The van der Waals surface area contributed by atoms with E-state index in [-0.39, 0.29) is 18.0 Å². The molecule has 2 amide bonds. The number of hydrogen-bond acceptors (Lipinski definition) is 3. The molecule has 1 saturated heterocycles. The molecule has 2 aliphatic heterocycles. The van der Waals surface area contributed by atoms with E-state index in [1.54, 1.807) is 17.0 Å². The second kappa shape index (κ2) is 6.30. The third-order valence-electron chi connectivity index (χ3n) is 5.16. The Bertz CT molecular complexity index is 994. The molecule has 1 atom stereocenters. The normalized spacial score (nSPS) is 22.8. The van der Waals surface area contributed by atoms with E-state index in [1.807, 2.05) is 20.8 Å². The summed E-state index contributed by atoms with van der Waals surface area (Å²) < 4.78 is 28.0. The third kappa shape index (κ3) is 2.56. The SMILES string of the molecule is CCN1C(=O)[C@]2(SC(C)(C)CN2C(=O)c2ccccc2F)c2cc(F)ccc21. The lowest BCUT2D eigenvalue weighted by atomic mass is 10.0. The molecule has 0 aliphatic carbocycles. The first kappa shape index (κ1) is 18.9. The first-order valence-corrected chi connectivity index (χ1v) is 9.91. The number of halogens is 2. The molecule has 7 heteroatoms. The van der Waals surface area contributed by atoms with Crippen molar-refractivity contribution in [1.82, 2.24) is 4.90 Å². The van der Waals surface area contributed by atoms with Gasteiger partial charge in [0, 0.05) is 23.4 Å². The van der Waals surface area contributed by atoms with Gasteiger partial charge in [-0.15, -0.1) is 11.8 Å². The Morgan fingerprint density at radius 1 is 1.18 bits per heavy atom. The Morgan fingerprint density at radius 3 is 2.57 bits per heavy atom. The van der Waals surface area contributed by atoms with E-state index in [9.17, 15) is 18.4 Å². The van der Waals surface area contributed by atoms with Crippen LogP contribution in [0.25, 0.3) is 0 Å². The van der Waals surface area contributed by atoms with Crippen molar-refractivity contribution in [3.8, 4) is 0 Å². The molecule has 146 valence electrons. The quantitative estimate of drug-likeness (QED) is 0.758. The first-order valence-electron chi connectivity index (χ1n) is 9.10. The minimum absolute atomic E-state index is 0.0964. The van der Waals surface area contributed by atoms with E-state index >= 15 is 0 Å². The predicted octanol–water partition coefficient (Wildman–Crippen LogP) is 4.15. The standard InChI is InChI=1S/C21H20F2N2O2S/c1-4-24-17-10-9-13(22)11-15(17)21(19(24)27)25(12-20(2,3)28-21)18(26)14-7-5-6-8-16(14)23/h5-11H,4,12H2,1-3H3/t21-/m1/s1. The molecule has 0 bridgehead atoms. The number of anilines is 1. The number of carbonyl (C=O) groups excluding carboxylic acids is 2. The second-order valence-electron chi connectivity index (χ2n) is 7.59. The first-order chi connectivity index (χ1) is 13.2. The zero-order chi connectivity index (χ0) is 20.3. The Balaban J connectivity index is 1.93. The molecular weight excluding hydrogens is 382 g/mol. The molecule has 0 aromatic heterocycles. The fraction of sp³-hybridized carbons (Fsp3) is 0.333. The van der Waals surface area contributed by atoms with Gasteiger partial charge in [-0.3, -0.25) is 9.59 Å². The van der Waals surface area contributed by atoms with Crippen LogP contribution in [-0.4, -0.2) is 34.6 Å². The van der Waals surface area contributed by atoms with E-state index < -0.39 is 27.2 Å². The van der Waals surface area contributed by atoms with Crippen molar-refractivity contribution in [3.63, 3.8) is 0 Å². The van der Waals surface area contributed by atoms with E-state index in [4.69, 9.17) is 0 Å². The van der Waals surface area contributed by atoms with Crippen molar-refractivity contribution in [2.75, 3.05) is 18.0 Å². The van der Waals surface area contributed by atoms with Gasteiger partial charge in [-0.05, 0) is 51.1 Å². The summed E-state index contributed by atoms with van der Waals surface area (Å²) >= 11 is 1.32. The van der Waals surface area contributed by atoms with Gasteiger partial charge in [0.25, 0.3) is 11.8 Å². The summed E-state index contributed by atoms with van der Waals surface area (Å²) in [5.74, 6) is -1.99. The van der Waals surface area contributed by atoms with Crippen LogP contribution >= 0.6 is 11.8 Å². The molecule has 1 fully saturated rings. The van der Waals surface area contributed by atoms with Gasteiger partial charge >= 0.3 is 0 Å². The Kier molecular flexibility index (Phi) is 4.26. The van der Waals surface area contributed by atoms with Crippen molar-refractivity contribution >= 4 is 29.3 Å². The van der Waals surface area contributed by atoms with Crippen molar-refractivity contribution in [1.29, 1.82) is 0 Å². The van der Waals surface area contributed by atoms with Gasteiger partial charge in [0.2, 0.25) is 0 Å². The van der Waals surface area contributed by atoms with Gasteiger partial charge in [-0.25, -0.2) is 8.78 Å². The maximum absolute atomic E-state index is 14.4. The van der Waals surface area contributed by atoms with E-state index in [0.717, 1.165) is 0 Å². The van der Waals surface area contributed by atoms with Crippen molar-refractivity contribution < 1.29 is 18.4 Å². The number of rotatable bonds is 2. The lowest BCUT2D eigenvalue weighted by Crippen LogP contribution is -2.50. The summed E-state index contributed by atoms with van der Waals surface area (Å²) in [7, 11) is 0. The largest absolute Gasteiger partial charge is 0.310 e. The minimum Gasteiger partial charge on any atom is -0.310 e. The van der Waals surface area contributed by atoms with Gasteiger partial charge in [-0.1, -0.05) is 12.1 Å². The molecule has 0 unspecified atom stereocenters. The van der Waals surface area contributed by atoms with Crippen molar-refractivity contribution in [2.24, 2.45) is 0 Å². The van der Waals surface area contributed by atoms with Crippen molar-refractivity contribution in [3.05, 3.63) is 65.2 Å². The number of amides is 2. The fourth-order valence-corrected chi connectivity index (χ4v) is 5.79. The maximum atomic E-state index is 14.4. The van der Waals surface area contributed by atoms with E-state index in [1.165, 1.54) is 47.0 Å². The number of nitrogens with zero attached hydrogens (tertiary/aromatic N) is 2. The van der Waals surface area contributed by atoms with Crippen molar-refractivity contribution in [2.45, 2.75) is 30.4 Å². The van der Waals surface area contributed by atoms with E-state index in [2.05, 4.69) is 0 Å². The number of carbonyl (C=O) groups is 2. The highest BCUT2D eigenvalue weighted by Gasteiger charge is 2.63. The Morgan fingerprint density at radius 2 is 1.89 bits per heavy atom. The molecule has 4 nitrogen and oxygen atoms in total. The fourth-order valence-electron chi connectivity index (χ4n) is 4.07. The number of fused-ring (bicyclic) bond motifs is 2. The van der Waals surface area contributed by atoms with Gasteiger partial charge < -0.3 is 9.80 Å². The molecule has 2 heterocycles. The van der Waals surface area contributed by atoms with Crippen LogP contribution in [0.4, 0.5) is 14.5 Å². The molecule has 0 N–H and O–H groups in total. The minimum atomic E-state index is -1.41. The lowest BCUT2D eigenvalue weighted by molar-refractivity contribution is -0.123. The zero-order valence-electron chi connectivity index (χ0n) is 15.8. The zero-order valence-corrected chi connectivity index (χ0v) is 16.6. The van der Waals surface area contributed by atoms with Crippen LogP contribution < -0.4 is 4.90 Å². The highest BCUT2D eigenvalue weighted by molar-refractivity contribution is 8.02.